The minimum Gasteiger partial charge on any atom is -0.494 e. The Bertz CT molecular complexity index is 1050. The molecule has 27 heavy (non-hydrogen) atoms. The third kappa shape index (κ3) is 4.61. The molecule has 7 nitrogen and oxygen atoms in total. The van der Waals surface area contributed by atoms with Crippen LogP contribution in [0.3, 0.4) is 0 Å². The number of ether oxygens (including phenoxy) is 1. The first kappa shape index (κ1) is 19.2. The van der Waals surface area contributed by atoms with Crippen LogP contribution in [0, 0.1) is 0 Å². The summed E-state index contributed by atoms with van der Waals surface area (Å²) in [7, 11) is -3.63. The van der Waals surface area contributed by atoms with Gasteiger partial charge in [0.05, 0.1) is 29.0 Å². The van der Waals surface area contributed by atoms with Gasteiger partial charge in [0.25, 0.3) is 0 Å². The number of carbonyl (C=O) groups excluding carboxylic acids is 1. The number of hydrogen-bond donors (Lipinski definition) is 1. The molecule has 0 fully saturated rings. The minimum atomic E-state index is -3.63. The lowest BCUT2D eigenvalue weighted by Gasteiger charge is -2.11. The van der Waals surface area contributed by atoms with E-state index in [1.54, 1.807) is 12.1 Å². The first-order valence-corrected chi connectivity index (χ1v) is 10.8. The lowest BCUT2D eigenvalue weighted by atomic mass is 10.2. The molecule has 0 aliphatic heterocycles. The van der Waals surface area contributed by atoms with Crippen molar-refractivity contribution in [2.24, 2.45) is 0 Å². The number of benzene rings is 2. The predicted octanol–water partition coefficient (Wildman–Crippen LogP) is 2.57. The molecule has 1 aromatic heterocycles. The molecule has 0 bridgehead atoms. The summed E-state index contributed by atoms with van der Waals surface area (Å²) < 4.78 is 38.8. The molecule has 0 spiro atoms. The molecule has 1 N–H and O–H groups in total. The second-order valence-corrected chi connectivity index (χ2v) is 8.38. The van der Waals surface area contributed by atoms with E-state index in [-0.39, 0.29) is 29.5 Å². The van der Waals surface area contributed by atoms with E-state index in [9.17, 15) is 13.2 Å². The van der Waals surface area contributed by atoms with Crippen LogP contribution in [0.5, 0.6) is 5.75 Å². The van der Waals surface area contributed by atoms with Crippen LogP contribution in [0.2, 0.25) is 0 Å². The number of aromatic nitrogens is 2. The number of carbonyl (C=O) groups is 1. The summed E-state index contributed by atoms with van der Waals surface area (Å²) in [5.41, 5.74) is 1.74. The molecule has 3 rings (SSSR count). The molecular formula is C18H19N3O4S2. The van der Waals surface area contributed by atoms with Gasteiger partial charge in [-0.1, -0.05) is 24.3 Å². The topological polar surface area (TPSA) is 98.2 Å². The lowest BCUT2D eigenvalue weighted by Crippen LogP contribution is -2.25. The van der Waals surface area contributed by atoms with Crippen LogP contribution in [0.25, 0.3) is 11.0 Å². The van der Waals surface area contributed by atoms with Crippen molar-refractivity contribution in [2.75, 3.05) is 12.4 Å². The van der Waals surface area contributed by atoms with Gasteiger partial charge >= 0.3 is 0 Å². The molecule has 1 heterocycles. The molecule has 3 aromatic rings. The van der Waals surface area contributed by atoms with Gasteiger partial charge in [0, 0.05) is 18.5 Å². The maximum Gasteiger partial charge on any atom is 0.221 e. The van der Waals surface area contributed by atoms with Crippen LogP contribution in [0.15, 0.2) is 47.4 Å². The molecule has 0 atom stereocenters. The summed E-state index contributed by atoms with van der Waals surface area (Å²) in [6.45, 7) is 2.69. The summed E-state index contributed by atoms with van der Waals surface area (Å²) in [5.74, 6) is 0.0758. The normalized spacial score (nSPS) is 11.4. The summed E-state index contributed by atoms with van der Waals surface area (Å²) in [4.78, 5) is 12.2. The van der Waals surface area contributed by atoms with Gasteiger partial charge in [-0.3, -0.25) is 4.79 Å². The highest BCUT2D eigenvalue weighted by Crippen LogP contribution is 2.22. The first-order chi connectivity index (χ1) is 13.0. The average molecular weight is 406 g/mol. The molecule has 0 saturated heterocycles. The van der Waals surface area contributed by atoms with Crippen LogP contribution in [-0.4, -0.2) is 35.4 Å². The molecule has 0 unspecified atom stereocenters. The van der Waals surface area contributed by atoms with Gasteiger partial charge in [0.1, 0.15) is 16.8 Å². The second kappa shape index (κ2) is 8.45. The van der Waals surface area contributed by atoms with Gasteiger partial charge in [0.15, 0.2) is 9.84 Å². The maximum absolute atomic E-state index is 12.6. The summed E-state index contributed by atoms with van der Waals surface area (Å²) >= 11 is 0.963. The monoisotopic (exact) mass is 405 g/mol. The third-order valence-corrected chi connectivity index (χ3v) is 6.21. The van der Waals surface area contributed by atoms with Crippen LogP contribution >= 0.6 is 11.7 Å². The number of hydrogen-bond acceptors (Lipinski definition) is 7. The quantitative estimate of drug-likeness (QED) is 0.618. The van der Waals surface area contributed by atoms with Crippen molar-refractivity contribution < 1.29 is 17.9 Å². The van der Waals surface area contributed by atoms with E-state index < -0.39 is 9.84 Å². The Morgan fingerprint density at radius 1 is 1.15 bits per heavy atom. The number of nitrogens with zero attached hydrogens (tertiary/aromatic N) is 2. The second-order valence-electron chi connectivity index (χ2n) is 5.77. The van der Waals surface area contributed by atoms with E-state index in [4.69, 9.17) is 4.74 Å². The molecule has 0 aliphatic rings. The highest BCUT2D eigenvalue weighted by molar-refractivity contribution is 7.91. The Hall–Kier alpha value is -2.52. The van der Waals surface area contributed by atoms with E-state index in [1.165, 1.54) is 6.07 Å². The summed E-state index contributed by atoms with van der Waals surface area (Å²) in [6, 6.07) is 12.2. The standard InChI is InChI=1S/C18H19N3O4S2/c1-2-25-15-8-4-3-6-13(15)12-19-17(22)10-11-27(23,24)16-9-5-7-14-18(16)21-26-20-14/h3-9H,2,10-12H2,1H3,(H,19,22). The Labute approximate surface area is 161 Å². The smallest absolute Gasteiger partial charge is 0.221 e. The molecule has 0 radical (unpaired) electrons. The van der Waals surface area contributed by atoms with Gasteiger partial charge in [-0.05, 0) is 25.1 Å². The fraction of sp³-hybridized carbons (Fsp3) is 0.278. The van der Waals surface area contributed by atoms with Crippen molar-refractivity contribution >= 4 is 38.5 Å². The van der Waals surface area contributed by atoms with E-state index in [0.717, 1.165) is 17.3 Å². The van der Waals surface area contributed by atoms with Gasteiger partial charge in [-0.2, -0.15) is 8.75 Å². The number of rotatable bonds is 8. The van der Waals surface area contributed by atoms with Gasteiger partial charge < -0.3 is 10.1 Å². The predicted molar refractivity (Wildman–Crippen MR) is 104 cm³/mol. The van der Waals surface area contributed by atoms with Gasteiger partial charge in [0.2, 0.25) is 5.91 Å². The molecule has 9 heteroatoms. The zero-order valence-electron chi connectivity index (χ0n) is 14.7. The number of fused-ring (bicyclic) bond motifs is 1. The number of para-hydroxylation sites is 1. The van der Waals surface area contributed by atoms with Crippen LogP contribution in [-0.2, 0) is 21.2 Å². The van der Waals surface area contributed by atoms with E-state index in [2.05, 4.69) is 14.1 Å². The number of nitrogens with one attached hydrogen (secondary N) is 1. The fourth-order valence-corrected chi connectivity index (χ4v) is 4.61. The SMILES string of the molecule is CCOc1ccccc1CNC(=O)CCS(=O)(=O)c1cccc2nsnc12. The number of amides is 1. The van der Waals surface area contributed by atoms with Crippen molar-refractivity contribution in [1.29, 1.82) is 0 Å². The van der Waals surface area contributed by atoms with Crippen molar-refractivity contribution in [3.63, 3.8) is 0 Å². The highest BCUT2D eigenvalue weighted by atomic mass is 32.2. The Balaban J connectivity index is 1.61. The summed E-state index contributed by atoms with van der Waals surface area (Å²) in [6.07, 6.45) is -0.132. The van der Waals surface area contributed by atoms with E-state index in [1.807, 2.05) is 31.2 Å². The average Bonchev–Trinajstić information content (AvgIpc) is 3.14. The van der Waals surface area contributed by atoms with Crippen molar-refractivity contribution in [3.05, 3.63) is 48.0 Å². The third-order valence-electron chi connectivity index (χ3n) is 3.93. The van der Waals surface area contributed by atoms with E-state index >= 15 is 0 Å². The molecule has 1 amide bonds. The van der Waals surface area contributed by atoms with Gasteiger partial charge in [-0.25, -0.2) is 8.42 Å². The minimum absolute atomic E-state index is 0.114. The zero-order valence-corrected chi connectivity index (χ0v) is 16.3. The molecule has 142 valence electrons. The van der Waals surface area contributed by atoms with Crippen LogP contribution in [0.4, 0.5) is 0 Å². The van der Waals surface area contributed by atoms with Crippen LogP contribution in [0.1, 0.15) is 18.9 Å². The number of sulfone groups is 1. The molecular weight excluding hydrogens is 386 g/mol. The van der Waals surface area contributed by atoms with E-state index in [0.29, 0.717) is 23.4 Å². The van der Waals surface area contributed by atoms with Gasteiger partial charge in [-0.15, -0.1) is 0 Å². The molecule has 2 aromatic carbocycles. The molecule has 0 saturated carbocycles. The lowest BCUT2D eigenvalue weighted by molar-refractivity contribution is -0.120. The van der Waals surface area contributed by atoms with Crippen molar-refractivity contribution in [3.8, 4) is 5.75 Å². The van der Waals surface area contributed by atoms with Crippen LogP contribution < -0.4 is 10.1 Å². The maximum atomic E-state index is 12.6. The Morgan fingerprint density at radius 3 is 2.78 bits per heavy atom. The summed E-state index contributed by atoms with van der Waals surface area (Å²) in [5, 5.41) is 2.74. The molecule has 0 aliphatic carbocycles. The first-order valence-electron chi connectivity index (χ1n) is 8.42. The fourth-order valence-electron chi connectivity index (χ4n) is 2.60. The van der Waals surface area contributed by atoms with Crippen molar-refractivity contribution in [1.82, 2.24) is 14.1 Å². The largest absolute Gasteiger partial charge is 0.494 e. The van der Waals surface area contributed by atoms with Crippen molar-refractivity contribution in [2.45, 2.75) is 24.8 Å². The highest BCUT2D eigenvalue weighted by Gasteiger charge is 2.21. The Morgan fingerprint density at radius 2 is 1.96 bits per heavy atom. The Kier molecular flexibility index (Phi) is 6.02. The zero-order chi connectivity index (χ0) is 19.3.